The molecule has 0 radical (unpaired) electrons. The number of nitrogens with two attached hydrogens (primary N) is 1. The topological polar surface area (TPSA) is 77.0 Å². The maximum Gasteiger partial charge on any atom is 0.185 e. The highest BCUT2D eigenvalue weighted by atomic mass is 32.2. The third kappa shape index (κ3) is 2.72. The molecule has 0 saturated heterocycles. The predicted octanol–water partition coefficient (Wildman–Crippen LogP) is 0.754. The van der Waals surface area contributed by atoms with Crippen molar-refractivity contribution >= 4 is 11.8 Å². The Kier molecular flexibility index (Phi) is 4.00. The van der Waals surface area contributed by atoms with Crippen LogP contribution in [0.4, 0.5) is 0 Å². The van der Waals surface area contributed by atoms with Crippen molar-refractivity contribution in [3.8, 4) is 0 Å². The van der Waals surface area contributed by atoms with Gasteiger partial charge in [0.1, 0.15) is 6.33 Å². The molecule has 0 bridgehead atoms. The number of aliphatic hydroxyl groups excluding tert-OH is 1. The van der Waals surface area contributed by atoms with Crippen molar-refractivity contribution in [2.45, 2.75) is 10.7 Å². The number of aromatic nitrogens is 3. The highest BCUT2D eigenvalue weighted by Crippen LogP contribution is 2.26. The van der Waals surface area contributed by atoms with Gasteiger partial charge < -0.3 is 10.8 Å². The third-order valence-electron chi connectivity index (χ3n) is 2.76. The Morgan fingerprint density at radius 2 is 2.11 bits per heavy atom. The molecule has 0 saturated carbocycles. The van der Waals surface area contributed by atoms with Gasteiger partial charge >= 0.3 is 0 Å². The molecule has 0 fully saturated rings. The van der Waals surface area contributed by atoms with Crippen LogP contribution in [0.3, 0.4) is 0 Å². The summed E-state index contributed by atoms with van der Waals surface area (Å²) >= 11 is 1.48. The number of thioether (sulfide) groups is 1. The van der Waals surface area contributed by atoms with E-state index in [0.29, 0.717) is 5.75 Å². The minimum Gasteiger partial charge on any atom is -0.394 e. The summed E-state index contributed by atoms with van der Waals surface area (Å²) < 4.78 is 1.69. The zero-order chi connectivity index (χ0) is 13.0. The maximum atomic E-state index is 9.56. The van der Waals surface area contributed by atoms with Gasteiger partial charge in [0.2, 0.25) is 0 Å². The lowest BCUT2D eigenvalue weighted by atomic mass is 9.94. The molecule has 3 N–H and O–H groups in total. The molecule has 1 unspecified atom stereocenters. The summed E-state index contributed by atoms with van der Waals surface area (Å²) in [6.45, 7) is -0.109. The van der Waals surface area contributed by atoms with Gasteiger partial charge in [0.25, 0.3) is 0 Å². The fourth-order valence-electron chi connectivity index (χ4n) is 1.60. The van der Waals surface area contributed by atoms with Gasteiger partial charge in [-0.1, -0.05) is 42.1 Å². The maximum absolute atomic E-state index is 9.56. The Balaban J connectivity index is 2.12. The summed E-state index contributed by atoms with van der Waals surface area (Å²) in [7, 11) is 1.83. The van der Waals surface area contributed by atoms with Crippen molar-refractivity contribution in [3.63, 3.8) is 0 Å². The van der Waals surface area contributed by atoms with Crippen molar-refractivity contribution in [3.05, 3.63) is 42.2 Å². The van der Waals surface area contributed by atoms with Crippen molar-refractivity contribution in [1.82, 2.24) is 14.8 Å². The Morgan fingerprint density at radius 3 is 2.67 bits per heavy atom. The lowest BCUT2D eigenvalue weighted by Gasteiger charge is -2.27. The van der Waals surface area contributed by atoms with Gasteiger partial charge in [-0.25, -0.2) is 9.67 Å². The Bertz CT molecular complexity index is 502. The van der Waals surface area contributed by atoms with Crippen LogP contribution in [0.5, 0.6) is 0 Å². The number of rotatable bonds is 5. The first-order valence-electron chi connectivity index (χ1n) is 5.58. The molecule has 18 heavy (non-hydrogen) atoms. The van der Waals surface area contributed by atoms with E-state index in [1.165, 1.54) is 18.1 Å². The van der Waals surface area contributed by atoms with Gasteiger partial charge in [-0.15, -0.1) is 0 Å². The van der Waals surface area contributed by atoms with Crippen molar-refractivity contribution < 1.29 is 5.11 Å². The zero-order valence-electron chi connectivity index (χ0n) is 10.2. The highest BCUT2D eigenvalue weighted by Gasteiger charge is 2.27. The van der Waals surface area contributed by atoms with E-state index in [1.54, 1.807) is 4.68 Å². The molecule has 2 rings (SSSR count). The smallest absolute Gasteiger partial charge is 0.185 e. The SMILES string of the molecule is Cn1ncnc1SCC(N)(CO)c1ccccc1. The van der Waals surface area contributed by atoms with Crippen LogP contribution in [0, 0.1) is 0 Å². The van der Waals surface area contributed by atoms with Crippen molar-refractivity contribution in [2.75, 3.05) is 12.4 Å². The number of hydrogen-bond donors (Lipinski definition) is 2. The van der Waals surface area contributed by atoms with Crippen LogP contribution in [0.15, 0.2) is 41.8 Å². The number of hydrogen-bond acceptors (Lipinski definition) is 5. The molecule has 1 aromatic heterocycles. The van der Waals surface area contributed by atoms with E-state index in [-0.39, 0.29) is 6.61 Å². The van der Waals surface area contributed by atoms with Crippen molar-refractivity contribution in [2.24, 2.45) is 12.8 Å². The van der Waals surface area contributed by atoms with Crippen LogP contribution in [-0.4, -0.2) is 32.2 Å². The molecule has 1 heterocycles. The molecule has 0 aliphatic carbocycles. The lowest BCUT2D eigenvalue weighted by molar-refractivity contribution is 0.213. The average molecular weight is 264 g/mol. The van der Waals surface area contributed by atoms with E-state index in [1.807, 2.05) is 37.4 Å². The molecule has 5 nitrogen and oxygen atoms in total. The second kappa shape index (κ2) is 5.51. The third-order valence-corrected chi connectivity index (χ3v) is 4.05. The molecule has 0 amide bonds. The average Bonchev–Trinajstić information content (AvgIpc) is 2.83. The largest absolute Gasteiger partial charge is 0.394 e. The molecular weight excluding hydrogens is 248 g/mol. The molecular formula is C12H16N4OS. The standard InChI is InChI=1S/C12H16N4OS/c1-16-11(14-9-15-16)18-8-12(13,7-17)10-5-3-2-4-6-10/h2-6,9,17H,7-8,13H2,1H3. The highest BCUT2D eigenvalue weighted by molar-refractivity contribution is 7.99. The fraction of sp³-hybridized carbons (Fsp3) is 0.333. The van der Waals surface area contributed by atoms with E-state index in [9.17, 15) is 5.11 Å². The van der Waals surface area contributed by atoms with Crippen LogP contribution in [0.1, 0.15) is 5.56 Å². The first-order chi connectivity index (χ1) is 8.65. The Labute approximate surface area is 110 Å². The molecule has 6 heteroatoms. The van der Waals surface area contributed by atoms with Gasteiger partial charge in [0, 0.05) is 12.8 Å². The molecule has 1 aromatic carbocycles. The van der Waals surface area contributed by atoms with E-state index in [0.717, 1.165) is 10.7 Å². The molecule has 2 aromatic rings. The van der Waals surface area contributed by atoms with Crippen LogP contribution >= 0.6 is 11.8 Å². The van der Waals surface area contributed by atoms with Crippen molar-refractivity contribution in [1.29, 1.82) is 0 Å². The van der Waals surface area contributed by atoms with Gasteiger partial charge in [0.05, 0.1) is 12.1 Å². The second-order valence-corrected chi connectivity index (χ2v) is 5.08. The van der Waals surface area contributed by atoms with E-state index < -0.39 is 5.54 Å². The Hall–Kier alpha value is -1.37. The van der Waals surface area contributed by atoms with Gasteiger partial charge in [0.15, 0.2) is 5.16 Å². The molecule has 96 valence electrons. The molecule has 0 spiro atoms. The molecule has 0 aliphatic heterocycles. The quantitative estimate of drug-likeness (QED) is 0.779. The minimum absolute atomic E-state index is 0.109. The normalized spacial score (nSPS) is 14.4. The summed E-state index contributed by atoms with van der Waals surface area (Å²) in [5.41, 5.74) is 6.41. The summed E-state index contributed by atoms with van der Waals surface area (Å²) in [6, 6.07) is 9.61. The van der Waals surface area contributed by atoms with Crippen LogP contribution in [0.25, 0.3) is 0 Å². The Morgan fingerprint density at radius 1 is 1.39 bits per heavy atom. The fourth-order valence-corrected chi connectivity index (χ4v) is 2.60. The minimum atomic E-state index is -0.766. The predicted molar refractivity (Wildman–Crippen MR) is 71.1 cm³/mol. The van der Waals surface area contributed by atoms with Gasteiger partial charge in [-0.05, 0) is 5.56 Å². The first-order valence-corrected chi connectivity index (χ1v) is 6.56. The zero-order valence-corrected chi connectivity index (χ0v) is 11.0. The lowest BCUT2D eigenvalue weighted by Crippen LogP contribution is -2.43. The first kappa shape index (κ1) is 13.1. The summed E-state index contributed by atoms with van der Waals surface area (Å²) in [4.78, 5) is 4.12. The monoisotopic (exact) mass is 264 g/mol. The van der Waals surface area contributed by atoms with Gasteiger partial charge in [-0.2, -0.15) is 5.10 Å². The second-order valence-electron chi connectivity index (χ2n) is 4.14. The molecule has 1 atom stereocenters. The van der Waals surface area contributed by atoms with Crippen LogP contribution < -0.4 is 5.73 Å². The number of nitrogens with zero attached hydrogens (tertiary/aromatic N) is 3. The summed E-state index contributed by atoms with van der Waals surface area (Å²) in [5.74, 6) is 0.542. The summed E-state index contributed by atoms with van der Waals surface area (Å²) in [5, 5.41) is 14.3. The number of aliphatic hydroxyl groups is 1. The van der Waals surface area contributed by atoms with E-state index >= 15 is 0 Å². The summed E-state index contributed by atoms with van der Waals surface area (Å²) in [6.07, 6.45) is 1.50. The van der Waals surface area contributed by atoms with E-state index in [4.69, 9.17) is 5.73 Å². The molecule has 0 aliphatic rings. The van der Waals surface area contributed by atoms with Crippen LogP contribution in [0.2, 0.25) is 0 Å². The number of benzene rings is 1. The number of aryl methyl sites for hydroxylation is 1. The van der Waals surface area contributed by atoms with Gasteiger partial charge in [-0.3, -0.25) is 0 Å². The van der Waals surface area contributed by atoms with Crippen LogP contribution in [-0.2, 0) is 12.6 Å². The van der Waals surface area contributed by atoms with E-state index in [2.05, 4.69) is 10.1 Å².